The maximum Gasteiger partial charge on any atom is 0.125 e. The molecule has 1 aliphatic rings. The highest BCUT2D eigenvalue weighted by molar-refractivity contribution is 5.41. The van der Waals surface area contributed by atoms with E-state index in [1.165, 1.54) is 0 Å². The van der Waals surface area contributed by atoms with Gasteiger partial charge in [-0.15, -0.1) is 0 Å². The van der Waals surface area contributed by atoms with Crippen molar-refractivity contribution in [3.8, 4) is 5.75 Å². The summed E-state index contributed by atoms with van der Waals surface area (Å²) in [5.74, 6) is 0.736. The van der Waals surface area contributed by atoms with Gasteiger partial charge in [0.2, 0.25) is 0 Å². The van der Waals surface area contributed by atoms with Crippen LogP contribution < -0.4 is 4.74 Å². The first kappa shape index (κ1) is 15.3. The zero-order valence-electron chi connectivity index (χ0n) is 13.4. The second-order valence-corrected chi connectivity index (χ2v) is 7.07. The molecule has 1 saturated heterocycles. The van der Waals surface area contributed by atoms with Crippen LogP contribution in [0.15, 0.2) is 24.3 Å². The van der Waals surface area contributed by atoms with E-state index < -0.39 is 11.2 Å². The number of hydrogen-bond donors (Lipinski definition) is 1. The van der Waals surface area contributed by atoms with Gasteiger partial charge in [0.15, 0.2) is 0 Å². The van der Waals surface area contributed by atoms with E-state index in [4.69, 9.17) is 9.47 Å². The summed E-state index contributed by atoms with van der Waals surface area (Å²) in [6.45, 7) is 11.9. The molecule has 0 spiro atoms. The van der Waals surface area contributed by atoms with Gasteiger partial charge in [0, 0.05) is 12.0 Å². The van der Waals surface area contributed by atoms with E-state index >= 15 is 0 Å². The van der Waals surface area contributed by atoms with Crippen LogP contribution in [-0.2, 0) is 10.3 Å². The van der Waals surface area contributed by atoms with Crippen LogP contribution in [0.3, 0.4) is 0 Å². The minimum absolute atomic E-state index is 0.0678. The van der Waals surface area contributed by atoms with Crippen molar-refractivity contribution < 1.29 is 14.6 Å². The molecule has 112 valence electrons. The fraction of sp³-hybridized carbons (Fsp3) is 0.647. The molecule has 3 nitrogen and oxygen atoms in total. The second-order valence-electron chi connectivity index (χ2n) is 7.07. The molecule has 0 amide bonds. The van der Waals surface area contributed by atoms with Crippen LogP contribution in [-0.4, -0.2) is 22.4 Å². The minimum atomic E-state index is -1.05. The average Bonchev–Trinajstić information content (AvgIpc) is 2.42. The first-order chi connectivity index (χ1) is 9.07. The number of hydrogen-bond acceptors (Lipinski definition) is 3. The third kappa shape index (κ3) is 2.57. The highest BCUT2D eigenvalue weighted by Crippen LogP contribution is 2.52. The fourth-order valence-electron chi connectivity index (χ4n) is 3.22. The predicted molar refractivity (Wildman–Crippen MR) is 80.0 cm³/mol. The Hall–Kier alpha value is -1.06. The maximum absolute atomic E-state index is 11.3. The summed E-state index contributed by atoms with van der Waals surface area (Å²) in [4.78, 5) is 0. The van der Waals surface area contributed by atoms with E-state index in [1.54, 1.807) is 0 Å². The molecule has 0 aliphatic carbocycles. The fourth-order valence-corrected chi connectivity index (χ4v) is 3.22. The van der Waals surface area contributed by atoms with E-state index in [9.17, 15) is 5.11 Å². The molecular formula is C17H26O3. The lowest BCUT2D eigenvalue weighted by Crippen LogP contribution is -2.43. The number of aliphatic hydroxyl groups is 1. The molecule has 1 aromatic carbocycles. The monoisotopic (exact) mass is 278 g/mol. The molecule has 0 saturated carbocycles. The third-order valence-electron chi connectivity index (χ3n) is 3.90. The van der Waals surface area contributed by atoms with Crippen molar-refractivity contribution in [2.45, 2.75) is 70.9 Å². The highest BCUT2D eigenvalue weighted by Gasteiger charge is 2.58. The summed E-state index contributed by atoms with van der Waals surface area (Å²) in [7, 11) is 0. The van der Waals surface area contributed by atoms with Gasteiger partial charge in [-0.3, -0.25) is 0 Å². The van der Waals surface area contributed by atoms with Crippen LogP contribution in [0.2, 0.25) is 0 Å². The van der Waals surface area contributed by atoms with Crippen molar-refractivity contribution in [2.75, 3.05) is 0 Å². The van der Waals surface area contributed by atoms with Crippen molar-refractivity contribution in [2.24, 2.45) is 0 Å². The molecule has 0 bridgehead atoms. The first-order valence-electron chi connectivity index (χ1n) is 7.26. The molecule has 1 N–H and O–H groups in total. The smallest absolute Gasteiger partial charge is 0.125 e. The van der Waals surface area contributed by atoms with Crippen LogP contribution in [0.25, 0.3) is 0 Å². The summed E-state index contributed by atoms with van der Waals surface area (Å²) < 4.78 is 11.9. The number of ether oxygens (including phenoxy) is 2. The maximum atomic E-state index is 11.3. The van der Waals surface area contributed by atoms with Crippen molar-refractivity contribution in [3.63, 3.8) is 0 Å². The van der Waals surface area contributed by atoms with E-state index in [2.05, 4.69) is 0 Å². The Morgan fingerprint density at radius 1 is 1.15 bits per heavy atom. The average molecular weight is 278 g/mol. The SMILES string of the molecule is CC(C)Oc1ccccc1C1(O)CC(C)(C)OC1(C)C. The number of rotatable bonds is 3. The number of benzene rings is 1. The summed E-state index contributed by atoms with van der Waals surface area (Å²) in [6, 6.07) is 7.71. The highest BCUT2D eigenvalue weighted by atomic mass is 16.6. The van der Waals surface area contributed by atoms with Crippen molar-refractivity contribution >= 4 is 0 Å². The Labute approximate surface area is 121 Å². The van der Waals surface area contributed by atoms with Crippen molar-refractivity contribution in [3.05, 3.63) is 29.8 Å². The van der Waals surface area contributed by atoms with Gasteiger partial charge in [-0.1, -0.05) is 18.2 Å². The quantitative estimate of drug-likeness (QED) is 0.917. The molecule has 0 radical (unpaired) electrons. The summed E-state index contributed by atoms with van der Waals surface area (Å²) >= 11 is 0. The first-order valence-corrected chi connectivity index (χ1v) is 7.26. The molecule has 20 heavy (non-hydrogen) atoms. The summed E-state index contributed by atoms with van der Waals surface area (Å²) in [5, 5.41) is 11.3. The standard InChI is InChI=1S/C17H26O3/c1-12(2)19-14-10-8-7-9-13(14)17(18)11-15(3,4)20-16(17,5)6/h7-10,12,18H,11H2,1-6H3. The minimum Gasteiger partial charge on any atom is -0.491 e. The lowest BCUT2D eigenvalue weighted by atomic mass is 9.77. The van der Waals surface area contributed by atoms with Crippen LogP contribution >= 0.6 is 0 Å². The van der Waals surface area contributed by atoms with Crippen LogP contribution in [0.5, 0.6) is 5.75 Å². The largest absolute Gasteiger partial charge is 0.491 e. The normalized spacial score (nSPS) is 27.8. The van der Waals surface area contributed by atoms with Crippen LogP contribution in [0, 0.1) is 0 Å². The van der Waals surface area contributed by atoms with Crippen LogP contribution in [0.1, 0.15) is 53.5 Å². The van der Waals surface area contributed by atoms with Gasteiger partial charge < -0.3 is 14.6 Å². The van der Waals surface area contributed by atoms with E-state index in [-0.39, 0.29) is 11.7 Å². The molecule has 1 atom stereocenters. The zero-order chi connectivity index (χ0) is 15.2. The van der Waals surface area contributed by atoms with E-state index in [0.717, 1.165) is 11.3 Å². The van der Waals surface area contributed by atoms with E-state index in [0.29, 0.717) is 6.42 Å². The lowest BCUT2D eigenvalue weighted by molar-refractivity contribution is -0.130. The molecule has 3 heteroatoms. The van der Waals surface area contributed by atoms with Gasteiger partial charge in [0.05, 0.1) is 17.3 Å². The lowest BCUT2D eigenvalue weighted by Gasteiger charge is -2.36. The summed E-state index contributed by atoms with van der Waals surface area (Å²) in [5.41, 5.74) is -1.26. The molecule has 1 unspecified atom stereocenters. The van der Waals surface area contributed by atoms with Gasteiger partial charge in [0.25, 0.3) is 0 Å². The van der Waals surface area contributed by atoms with Crippen molar-refractivity contribution in [1.82, 2.24) is 0 Å². The molecule has 0 aromatic heterocycles. The summed E-state index contributed by atoms with van der Waals surface area (Å²) in [6.07, 6.45) is 0.615. The zero-order valence-corrected chi connectivity index (χ0v) is 13.4. The molecule has 1 fully saturated rings. The van der Waals surface area contributed by atoms with E-state index in [1.807, 2.05) is 65.8 Å². The molecule has 1 aromatic rings. The Kier molecular flexibility index (Phi) is 3.64. The topological polar surface area (TPSA) is 38.7 Å². The Bertz CT molecular complexity index is 491. The third-order valence-corrected chi connectivity index (χ3v) is 3.90. The molecule has 1 heterocycles. The van der Waals surface area contributed by atoms with Gasteiger partial charge in [-0.05, 0) is 47.6 Å². The molecular weight excluding hydrogens is 252 g/mol. The van der Waals surface area contributed by atoms with Gasteiger partial charge >= 0.3 is 0 Å². The Balaban J connectivity index is 2.50. The molecule has 2 rings (SSSR count). The van der Waals surface area contributed by atoms with Crippen LogP contribution in [0.4, 0.5) is 0 Å². The van der Waals surface area contributed by atoms with Gasteiger partial charge in [-0.2, -0.15) is 0 Å². The Morgan fingerprint density at radius 3 is 2.25 bits per heavy atom. The number of para-hydroxylation sites is 1. The Morgan fingerprint density at radius 2 is 1.75 bits per heavy atom. The van der Waals surface area contributed by atoms with Gasteiger partial charge in [-0.25, -0.2) is 0 Å². The van der Waals surface area contributed by atoms with Crippen molar-refractivity contribution in [1.29, 1.82) is 0 Å². The molecule has 1 aliphatic heterocycles. The van der Waals surface area contributed by atoms with Gasteiger partial charge in [0.1, 0.15) is 11.4 Å². The predicted octanol–water partition coefficient (Wildman–Crippen LogP) is 3.64. The second kappa shape index (κ2) is 4.74.